The summed E-state index contributed by atoms with van der Waals surface area (Å²) in [6, 6.07) is 10.6. The summed E-state index contributed by atoms with van der Waals surface area (Å²) in [7, 11) is 4.63. The standard InChI is InChI=1S/C20H21N3O5S/c1-5-28-14-9-7-6-8-13(14)18(24)21-20-23-22-19(29-20)12-10-15(25-2)17(27-4)16(11-12)26-3/h6-11H,5H2,1-4H3,(H,21,23,24). The number of nitrogens with one attached hydrogen (secondary N) is 1. The molecule has 1 amide bonds. The number of anilines is 1. The molecule has 3 rings (SSSR count). The predicted octanol–water partition coefficient (Wildman–Crippen LogP) is 3.88. The van der Waals surface area contributed by atoms with Crippen LogP contribution in [0.25, 0.3) is 10.6 Å². The summed E-state index contributed by atoms with van der Waals surface area (Å²) in [4.78, 5) is 12.6. The summed E-state index contributed by atoms with van der Waals surface area (Å²) in [5, 5.41) is 12.0. The van der Waals surface area contributed by atoms with Gasteiger partial charge in [-0.15, -0.1) is 10.2 Å². The minimum Gasteiger partial charge on any atom is -0.493 e. The minimum atomic E-state index is -0.318. The van der Waals surface area contributed by atoms with Gasteiger partial charge in [0.1, 0.15) is 10.8 Å². The minimum absolute atomic E-state index is 0.318. The monoisotopic (exact) mass is 415 g/mol. The average molecular weight is 415 g/mol. The van der Waals surface area contributed by atoms with Gasteiger partial charge in [-0.25, -0.2) is 0 Å². The molecule has 0 saturated carbocycles. The molecule has 0 unspecified atom stereocenters. The van der Waals surface area contributed by atoms with Gasteiger partial charge in [0.25, 0.3) is 5.91 Å². The Hall–Kier alpha value is -3.33. The van der Waals surface area contributed by atoms with Gasteiger partial charge in [-0.1, -0.05) is 23.5 Å². The Balaban J connectivity index is 1.86. The van der Waals surface area contributed by atoms with Gasteiger partial charge in [-0.05, 0) is 31.2 Å². The van der Waals surface area contributed by atoms with Gasteiger partial charge in [-0.2, -0.15) is 0 Å². The van der Waals surface area contributed by atoms with E-state index in [2.05, 4.69) is 15.5 Å². The lowest BCUT2D eigenvalue weighted by molar-refractivity contribution is 0.102. The summed E-state index contributed by atoms with van der Waals surface area (Å²) in [6.45, 7) is 2.33. The van der Waals surface area contributed by atoms with Gasteiger partial charge in [0.2, 0.25) is 10.9 Å². The van der Waals surface area contributed by atoms with E-state index in [1.165, 1.54) is 11.3 Å². The fourth-order valence-corrected chi connectivity index (χ4v) is 3.42. The number of amides is 1. The lowest BCUT2D eigenvalue weighted by Gasteiger charge is -2.13. The number of carbonyl (C=O) groups is 1. The summed E-state index contributed by atoms with van der Waals surface area (Å²) in [5.41, 5.74) is 1.16. The molecule has 0 spiro atoms. The molecule has 0 radical (unpaired) electrons. The highest BCUT2D eigenvalue weighted by Gasteiger charge is 2.18. The van der Waals surface area contributed by atoms with Crippen LogP contribution in [-0.4, -0.2) is 44.0 Å². The molecule has 1 aromatic heterocycles. The Kier molecular flexibility index (Phi) is 6.50. The number of para-hydroxylation sites is 1. The highest BCUT2D eigenvalue weighted by molar-refractivity contribution is 7.18. The zero-order chi connectivity index (χ0) is 20.8. The van der Waals surface area contributed by atoms with E-state index >= 15 is 0 Å². The van der Waals surface area contributed by atoms with Crippen LogP contribution in [0.2, 0.25) is 0 Å². The van der Waals surface area contributed by atoms with Crippen LogP contribution >= 0.6 is 11.3 Å². The number of ether oxygens (including phenoxy) is 4. The van der Waals surface area contributed by atoms with Crippen molar-refractivity contribution in [2.45, 2.75) is 6.92 Å². The third-order valence-corrected chi connectivity index (χ3v) is 4.88. The summed E-state index contributed by atoms with van der Waals surface area (Å²) >= 11 is 1.23. The van der Waals surface area contributed by atoms with Crippen LogP contribution in [0.1, 0.15) is 17.3 Å². The maximum absolute atomic E-state index is 12.6. The van der Waals surface area contributed by atoms with Crippen LogP contribution < -0.4 is 24.3 Å². The smallest absolute Gasteiger partial charge is 0.261 e. The van der Waals surface area contributed by atoms with Crippen molar-refractivity contribution in [2.75, 3.05) is 33.3 Å². The van der Waals surface area contributed by atoms with E-state index in [1.807, 2.05) is 13.0 Å². The molecule has 1 N–H and O–H groups in total. The number of nitrogens with zero attached hydrogens (tertiary/aromatic N) is 2. The van der Waals surface area contributed by atoms with E-state index in [-0.39, 0.29) is 5.91 Å². The molecule has 0 bridgehead atoms. The maximum atomic E-state index is 12.6. The molecule has 0 aliphatic rings. The van der Waals surface area contributed by atoms with E-state index in [0.29, 0.717) is 45.3 Å². The average Bonchev–Trinajstić information content (AvgIpc) is 3.21. The van der Waals surface area contributed by atoms with E-state index in [0.717, 1.165) is 5.56 Å². The van der Waals surface area contributed by atoms with Crippen molar-refractivity contribution in [1.29, 1.82) is 0 Å². The Bertz CT molecular complexity index is 980. The van der Waals surface area contributed by atoms with Crippen LogP contribution in [0, 0.1) is 0 Å². The summed E-state index contributed by atoms with van der Waals surface area (Å²) in [5.74, 6) is 1.70. The third kappa shape index (κ3) is 4.40. The fourth-order valence-electron chi connectivity index (χ4n) is 2.70. The van der Waals surface area contributed by atoms with Crippen molar-refractivity contribution in [2.24, 2.45) is 0 Å². The number of hydrogen-bond donors (Lipinski definition) is 1. The SMILES string of the molecule is CCOc1ccccc1C(=O)Nc1nnc(-c2cc(OC)c(OC)c(OC)c2)s1. The molecule has 0 aliphatic heterocycles. The van der Waals surface area contributed by atoms with Gasteiger partial charge < -0.3 is 18.9 Å². The zero-order valence-corrected chi connectivity index (χ0v) is 17.3. The Labute approximate surface area is 172 Å². The van der Waals surface area contributed by atoms with Crippen LogP contribution in [0.3, 0.4) is 0 Å². The van der Waals surface area contributed by atoms with Crippen molar-refractivity contribution in [3.8, 4) is 33.6 Å². The molecule has 2 aromatic carbocycles. The molecule has 0 atom stereocenters. The van der Waals surface area contributed by atoms with Crippen molar-refractivity contribution in [3.63, 3.8) is 0 Å². The number of methoxy groups -OCH3 is 3. The van der Waals surface area contributed by atoms with Crippen LogP contribution in [0.4, 0.5) is 5.13 Å². The van der Waals surface area contributed by atoms with E-state index in [1.54, 1.807) is 51.7 Å². The number of carbonyl (C=O) groups excluding carboxylic acids is 1. The first-order valence-electron chi connectivity index (χ1n) is 8.78. The lowest BCUT2D eigenvalue weighted by Crippen LogP contribution is -2.13. The second-order valence-electron chi connectivity index (χ2n) is 5.71. The van der Waals surface area contributed by atoms with Crippen LogP contribution in [0.15, 0.2) is 36.4 Å². The van der Waals surface area contributed by atoms with E-state index < -0.39 is 0 Å². The molecule has 9 heteroatoms. The number of aromatic nitrogens is 2. The molecule has 0 aliphatic carbocycles. The van der Waals surface area contributed by atoms with Crippen molar-refractivity contribution >= 4 is 22.4 Å². The first-order valence-corrected chi connectivity index (χ1v) is 9.60. The van der Waals surface area contributed by atoms with Gasteiger partial charge in [0.05, 0.1) is 33.5 Å². The van der Waals surface area contributed by atoms with Gasteiger partial charge in [0, 0.05) is 5.56 Å². The molecular formula is C20H21N3O5S. The molecule has 29 heavy (non-hydrogen) atoms. The number of benzene rings is 2. The Morgan fingerprint density at radius 1 is 1.00 bits per heavy atom. The highest BCUT2D eigenvalue weighted by Crippen LogP contribution is 2.42. The first-order chi connectivity index (χ1) is 14.1. The second kappa shape index (κ2) is 9.24. The topological polar surface area (TPSA) is 91.8 Å². The van der Waals surface area contributed by atoms with Crippen LogP contribution in [0.5, 0.6) is 23.0 Å². The molecular weight excluding hydrogens is 394 g/mol. The summed E-state index contributed by atoms with van der Waals surface area (Å²) < 4.78 is 21.6. The van der Waals surface area contributed by atoms with Gasteiger partial charge in [0.15, 0.2) is 11.5 Å². The largest absolute Gasteiger partial charge is 0.493 e. The normalized spacial score (nSPS) is 10.3. The maximum Gasteiger partial charge on any atom is 0.261 e. The zero-order valence-electron chi connectivity index (χ0n) is 16.5. The van der Waals surface area contributed by atoms with Crippen LogP contribution in [-0.2, 0) is 0 Å². The number of rotatable bonds is 8. The third-order valence-electron chi connectivity index (χ3n) is 3.99. The van der Waals surface area contributed by atoms with E-state index in [9.17, 15) is 4.79 Å². The van der Waals surface area contributed by atoms with E-state index in [4.69, 9.17) is 18.9 Å². The quantitative estimate of drug-likeness (QED) is 0.597. The van der Waals surface area contributed by atoms with Gasteiger partial charge >= 0.3 is 0 Å². The molecule has 3 aromatic rings. The fraction of sp³-hybridized carbons (Fsp3) is 0.250. The van der Waals surface area contributed by atoms with Crippen molar-refractivity contribution < 1.29 is 23.7 Å². The molecule has 1 heterocycles. The number of hydrogen-bond acceptors (Lipinski definition) is 8. The van der Waals surface area contributed by atoms with Crippen molar-refractivity contribution in [1.82, 2.24) is 10.2 Å². The second-order valence-corrected chi connectivity index (χ2v) is 6.69. The molecule has 0 fully saturated rings. The Morgan fingerprint density at radius 2 is 1.69 bits per heavy atom. The van der Waals surface area contributed by atoms with Gasteiger partial charge in [-0.3, -0.25) is 10.1 Å². The highest BCUT2D eigenvalue weighted by atomic mass is 32.1. The lowest BCUT2D eigenvalue weighted by atomic mass is 10.2. The Morgan fingerprint density at radius 3 is 2.31 bits per heavy atom. The summed E-state index contributed by atoms with van der Waals surface area (Å²) in [6.07, 6.45) is 0. The molecule has 152 valence electrons. The first kappa shape index (κ1) is 20.4. The molecule has 8 nitrogen and oxygen atoms in total. The molecule has 0 saturated heterocycles. The predicted molar refractivity (Wildman–Crippen MR) is 111 cm³/mol. The van der Waals surface area contributed by atoms with Crippen molar-refractivity contribution in [3.05, 3.63) is 42.0 Å².